The lowest BCUT2D eigenvalue weighted by atomic mass is 10.2. The van der Waals surface area contributed by atoms with Crippen molar-refractivity contribution < 1.29 is 14.3 Å². The van der Waals surface area contributed by atoms with E-state index in [1.54, 1.807) is 21.1 Å². The molecule has 1 aromatic carbocycles. The number of carbonyl (C=O) groups is 1. The number of aromatic amines is 1. The van der Waals surface area contributed by atoms with Crippen molar-refractivity contribution in [2.75, 3.05) is 14.2 Å². The van der Waals surface area contributed by atoms with E-state index in [-0.39, 0.29) is 12.5 Å². The van der Waals surface area contributed by atoms with Gasteiger partial charge in [-0.25, -0.2) is 0 Å². The summed E-state index contributed by atoms with van der Waals surface area (Å²) < 4.78 is 10.8. The number of tetrazole rings is 1. The zero-order valence-corrected chi connectivity index (χ0v) is 12.8. The molecular weight excluding hydrogens is 286 g/mol. The molecule has 0 saturated heterocycles. The molecule has 0 aliphatic heterocycles. The maximum atomic E-state index is 12.2. The van der Waals surface area contributed by atoms with Gasteiger partial charge in [-0.1, -0.05) is 17.3 Å². The minimum absolute atomic E-state index is 0.146. The van der Waals surface area contributed by atoms with Crippen LogP contribution in [0.4, 0.5) is 0 Å². The molecular formula is C14H19N5O3. The van der Waals surface area contributed by atoms with E-state index < -0.39 is 6.10 Å². The number of amides is 1. The Labute approximate surface area is 128 Å². The Hall–Kier alpha value is -2.48. The van der Waals surface area contributed by atoms with Gasteiger partial charge < -0.3 is 14.4 Å². The van der Waals surface area contributed by atoms with Crippen LogP contribution in [0.15, 0.2) is 24.3 Å². The smallest absolute Gasteiger partial charge is 0.251 e. The Morgan fingerprint density at radius 3 is 2.95 bits per heavy atom. The molecule has 1 unspecified atom stereocenters. The summed E-state index contributed by atoms with van der Waals surface area (Å²) >= 11 is 0. The van der Waals surface area contributed by atoms with Crippen LogP contribution in [0.1, 0.15) is 18.3 Å². The highest BCUT2D eigenvalue weighted by Gasteiger charge is 2.19. The minimum Gasteiger partial charge on any atom is -0.497 e. The summed E-state index contributed by atoms with van der Waals surface area (Å²) in [5.41, 5.74) is 0.944. The number of hydrogen-bond donors (Lipinski definition) is 1. The number of nitrogens with zero attached hydrogens (tertiary/aromatic N) is 4. The van der Waals surface area contributed by atoms with Crippen molar-refractivity contribution in [2.24, 2.45) is 0 Å². The third-order valence-electron chi connectivity index (χ3n) is 3.13. The highest BCUT2D eigenvalue weighted by Crippen LogP contribution is 2.14. The third kappa shape index (κ3) is 4.26. The molecule has 1 aromatic heterocycles. The van der Waals surface area contributed by atoms with E-state index in [1.165, 1.54) is 4.90 Å². The van der Waals surface area contributed by atoms with E-state index in [4.69, 9.17) is 9.47 Å². The second-order valence-corrected chi connectivity index (χ2v) is 4.83. The first-order valence-electron chi connectivity index (χ1n) is 6.82. The molecule has 0 aliphatic rings. The fourth-order valence-electron chi connectivity index (χ4n) is 1.90. The van der Waals surface area contributed by atoms with Crippen molar-refractivity contribution in [1.82, 2.24) is 25.5 Å². The van der Waals surface area contributed by atoms with E-state index >= 15 is 0 Å². The van der Waals surface area contributed by atoms with E-state index in [0.717, 1.165) is 11.3 Å². The van der Waals surface area contributed by atoms with Gasteiger partial charge in [0, 0.05) is 7.05 Å². The van der Waals surface area contributed by atoms with Crippen LogP contribution >= 0.6 is 0 Å². The van der Waals surface area contributed by atoms with E-state index in [9.17, 15) is 4.79 Å². The molecule has 8 nitrogen and oxygen atoms in total. The van der Waals surface area contributed by atoms with Gasteiger partial charge in [-0.2, -0.15) is 5.21 Å². The summed E-state index contributed by atoms with van der Waals surface area (Å²) in [4.78, 5) is 13.7. The first kappa shape index (κ1) is 15.9. The third-order valence-corrected chi connectivity index (χ3v) is 3.13. The average molecular weight is 305 g/mol. The molecule has 0 spiro atoms. The summed E-state index contributed by atoms with van der Waals surface area (Å²) in [6.45, 7) is 2.33. The van der Waals surface area contributed by atoms with Gasteiger partial charge in [0.1, 0.15) is 11.9 Å². The highest BCUT2D eigenvalue weighted by molar-refractivity contribution is 5.80. The normalized spacial score (nSPS) is 12.0. The number of aromatic nitrogens is 4. The fourth-order valence-corrected chi connectivity index (χ4v) is 1.90. The van der Waals surface area contributed by atoms with Gasteiger partial charge in [0.05, 0.1) is 20.3 Å². The minimum atomic E-state index is -0.567. The predicted octanol–water partition coefficient (Wildman–Crippen LogP) is 0.772. The van der Waals surface area contributed by atoms with E-state index in [2.05, 4.69) is 20.6 Å². The number of methoxy groups -OCH3 is 1. The largest absolute Gasteiger partial charge is 0.497 e. The van der Waals surface area contributed by atoms with Crippen LogP contribution in [-0.2, 0) is 22.7 Å². The second kappa shape index (κ2) is 7.51. The zero-order valence-electron chi connectivity index (χ0n) is 12.8. The number of ether oxygens (including phenoxy) is 2. The van der Waals surface area contributed by atoms with Crippen LogP contribution in [0.2, 0.25) is 0 Å². The number of likely N-dealkylation sites (N-methyl/N-ethyl adjacent to an activating group) is 1. The van der Waals surface area contributed by atoms with E-state index in [0.29, 0.717) is 12.4 Å². The summed E-state index contributed by atoms with van der Waals surface area (Å²) in [7, 11) is 3.28. The lowest BCUT2D eigenvalue weighted by Gasteiger charge is -2.20. The number of rotatable bonds is 7. The lowest BCUT2D eigenvalue weighted by molar-refractivity contribution is -0.142. The second-order valence-electron chi connectivity index (χ2n) is 4.83. The standard InChI is InChI=1S/C14H19N5O3/c1-10(14(20)19(2)8-13-15-17-18-16-13)22-9-11-5-4-6-12(7-11)21-3/h4-7,10H,8-9H2,1-3H3,(H,15,16,17,18). The topological polar surface area (TPSA) is 93.2 Å². The molecule has 0 saturated carbocycles. The van der Waals surface area contributed by atoms with Gasteiger partial charge >= 0.3 is 0 Å². The molecule has 118 valence electrons. The van der Waals surface area contributed by atoms with Crippen molar-refractivity contribution in [3.05, 3.63) is 35.7 Å². The van der Waals surface area contributed by atoms with Gasteiger partial charge in [0.2, 0.25) is 0 Å². The number of carbonyl (C=O) groups excluding carboxylic acids is 1. The van der Waals surface area contributed by atoms with Crippen LogP contribution in [0.5, 0.6) is 5.75 Å². The van der Waals surface area contributed by atoms with Crippen molar-refractivity contribution in [1.29, 1.82) is 0 Å². The van der Waals surface area contributed by atoms with Gasteiger partial charge in [-0.3, -0.25) is 4.79 Å². The SMILES string of the molecule is COc1cccc(COC(C)C(=O)N(C)Cc2nn[nH]n2)c1. The average Bonchev–Trinajstić information content (AvgIpc) is 3.04. The van der Waals surface area contributed by atoms with Crippen LogP contribution in [0, 0.1) is 0 Å². The lowest BCUT2D eigenvalue weighted by Crippen LogP contribution is -2.36. The molecule has 2 rings (SSSR count). The number of hydrogen-bond acceptors (Lipinski definition) is 6. The quantitative estimate of drug-likeness (QED) is 0.812. The molecule has 1 heterocycles. The Bertz CT molecular complexity index is 602. The van der Waals surface area contributed by atoms with Crippen LogP contribution < -0.4 is 4.74 Å². The van der Waals surface area contributed by atoms with E-state index in [1.807, 2.05) is 24.3 Å². The first-order chi connectivity index (χ1) is 10.6. The van der Waals surface area contributed by atoms with Crippen LogP contribution in [-0.4, -0.2) is 51.7 Å². The van der Waals surface area contributed by atoms with Gasteiger partial charge in [0.15, 0.2) is 5.82 Å². The predicted molar refractivity (Wildman–Crippen MR) is 77.9 cm³/mol. The zero-order chi connectivity index (χ0) is 15.9. The molecule has 0 radical (unpaired) electrons. The Morgan fingerprint density at radius 2 is 2.27 bits per heavy atom. The van der Waals surface area contributed by atoms with Crippen LogP contribution in [0.3, 0.4) is 0 Å². The highest BCUT2D eigenvalue weighted by atomic mass is 16.5. The molecule has 22 heavy (non-hydrogen) atoms. The van der Waals surface area contributed by atoms with Gasteiger partial charge in [-0.05, 0) is 24.6 Å². The molecule has 0 aliphatic carbocycles. The van der Waals surface area contributed by atoms with Gasteiger partial charge in [0.25, 0.3) is 5.91 Å². The summed E-state index contributed by atoms with van der Waals surface area (Å²) in [6.07, 6.45) is -0.567. The Balaban J connectivity index is 1.85. The number of H-pyrrole nitrogens is 1. The van der Waals surface area contributed by atoms with Crippen LogP contribution in [0.25, 0.3) is 0 Å². The summed E-state index contributed by atoms with van der Waals surface area (Å²) in [5.74, 6) is 1.07. The Morgan fingerprint density at radius 1 is 1.45 bits per heavy atom. The molecule has 0 fully saturated rings. The van der Waals surface area contributed by atoms with Crippen molar-refractivity contribution in [3.8, 4) is 5.75 Å². The van der Waals surface area contributed by atoms with Crippen molar-refractivity contribution in [3.63, 3.8) is 0 Å². The molecule has 1 amide bonds. The molecule has 0 bridgehead atoms. The summed E-state index contributed by atoms with van der Waals surface area (Å²) in [5, 5.41) is 13.4. The number of benzene rings is 1. The molecule has 2 aromatic rings. The fraction of sp³-hybridized carbons (Fsp3) is 0.429. The first-order valence-corrected chi connectivity index (χ1v) is 6.82. The summed E-state index contributed by atoms with van der Waals surface area (Å²) in [6, 6.07) is 7.53. The molecule has 8 heteroatoms. The monoisotopic (exact) mass is 305 g/mol. The van der Waals surface area contributed by atoms with Crippen molar-refractivity contribution in [2.45, 2.75) is 26.2 Å². The molecule has 1 atom stereocenters. The molecule has 1 N–H and O–H groups in total. The maximum Gasteiger partial charge on any atom is 0.251 e. The van der Waals surface area contributed by atoms with Crippen molar-refractivity contribution >= 4 is 5.91 Å². The Kier molecular flexibility index (Phi) is 5.42. The maximum absolute atomic E-state index is 12.2. The van der Waals surface area contributed by atoms with Gasteiger partial charge in [-0.15, -0.1) is 10.2 Å². The number of nitrogens with one attached hydrogen (secondary N) is 1.